The van der Waals surface area contributed by atoms with Gasteiger partial charge in [0.1, 0.15) is 4.33 Å². The first kappa shape index (κ1) is 15.5. The van der Waals surface area contributed by atoms with Gasteiger partial charge in [0.25, 0.3) is 10.0 Å². The first-order chi connectivity index (χ1) is 9.07. The van der Waals surface area contributed by atoms with Gasteiger partial charge in [0.05, 0.1) is 5.56 Å². The summed E-state index contributed by atoms with van der Waals surface area (Å²) in [6.45, 7) is 1.82. The van der Waals surface area contributed by atoms with Gasteiger partial charge in [-0.15, -0.1) is 23.2 Å². The maximum atomic E-state index is 12.0. The third-order valence-corrected chi connectivity index (χ3v) is 5.76. The molecule has 2 N–H and O–H groups in total. The minimum Gasteiger partial charge on any atom is -0.478 e. The summed E-state index contributed by atoms with van der Waals surface area (Å²) in [5.41, 5.74) is -0.685. The zero-order chi connectivity index (χ0) is 15.2. The summed E-state index contributed by atoms with van der Waals surface area (Å²) in [7, 11) is -3.90. The highest BCUT2D eigenvalue weighted by molar-refractivity contribution is 7.89. The van der Waals surface area contributed by atoms with E-state index in [9.17, 15) is 13.2 Å². The maximum Gasteiger partial charge on any atom is 0.335 e. The van der Waals surface area contributed by atoms with Crippen molar-refractivity contribution >= 4 is 39.2 Å². The Morgan fingerprint density at radius 1 is 1.55 bits per heavy atom. The molecule has 1 saturated carbocycles. The number of aromatic nitrogens is 1. The standard InChI is InChI=1S/C11H12Cl2N2O4S/c1-10(5-11(10,12)13)6-15-20(18,19)8-4-7(9(16)17)2-3-14-8/h2-4,15H,5-6H2,1H3,(H,16,17). The number of aromatic carboxylic acids is 1. The van der Waals surface area contributed by atoms with Crippen molar-refractivity contribution in [1.82, 2.24) is 9.71 Å². The van der Waals surface area contributed by atoms with E-state index in [-0.39, 0.29) is 17.1 Å². The quantitative estimate of drug-likeness (QED) is 0.795. The van der Waals surface area contributed by atoms with Crippen LogP contribution in [0.2, 0.25) is 0 Å². The van der Waals surface area contributed by atoms with Crippen molar-refractivity contribution in [2.24, 2.45) is 5.41 Å². The summed E-state index contributed by atoms with van der Waals surface area (Å²) in [5, 5.41) is 8.48. The first-order valence-corrected chi connectivity index (χ1v) is 7.88. The smallest absolute Gasteiger partial charge is 0.335 e. The molecular formula is C11H12Cl2N2O4S. The molecule has 1 aliphatic rings. The number of nitrogens with zero attached hydrogens (tertiary/aromatic N) is 1. The molecule has 1 aromatic rings. The number of alkyl halides is 2. The van der Waals surface area contributed by atoms with Gasteiger partial charge in [-0.2, -0.15) is 0 Å². The highest BCUT2D eigenvalue weighted by Crippen LogP contribution is 2.63. The topological polar surface area (TPSA) is 96.4 Å². The molecule has 9 heteroatoms. The van der Waals surface area contributed by atoms with Crippen LogP contribution >= 0.6 is 23.2 Å². The Balaban J connectivity index is 2.15. The van der Waals surface area contributed by atoms with E-state index in [1.54, 1.807) is 6.92 Å². The van der Waals surface area contributed by atoms with E-state index in [4.69, 9.17) is 28.3 Å². The molecule has 0 saturated heterocycles. The summed E-state index contributed by atoms with van der Waals surface area (Å²) in [4.78, 5) is 14.5. The molecule has 0 aromatic carbocycles. The Morgan fingerprint density at radius 3 is 2.65 bits per heavy atom. The van der Waals surface area contributed by atoms with Crippen LogP contribution in [0.25, 0.3) is 0 Å². The third-order valence-electron chi connectivity index (χ3n) is 3.28. The van der Waals surface area contributed by atoms with Gasteiger partial charge >= 0.3 is 5.97 Å². The average molecular weight is 339 g/mol. The number of sulfonamides is 1. The second-order valence-corrected chi connectivity index (χ2v) is 8.15. The molecule has 1 fully saturated rings. The number of nitrogens with one attached hydrogen (secondary N) is 1. The molecule has 6 nitrogen and oxygen atoms in total. The molecule has 1 aromatic heterocycles. The Hall–Kier alpha value is -0.890. The third kappa shape index (κ3) is 2.90. The largest absolute Gasteiger partial charge is 0.478 e. The van der Waals surface area contributed by atoms with Crippen LogP contribution in [0.3, 0.4) is 0 Å². The van der Waals surface area contributed by atoms with Gasteiger partial charge in [-0.25, -0.2) is 22.9 Å². The number of hydrogen-bond donors (Lipinski definition) is 2. The fraction of sp³-hybridized carbons (Fsp3) is 0.455. The van der Waals surface area contributed by atoms with Crippen molar-refractivity contribution in [3.05, 3.63) is 23.9 Å². The van der Waals surface area contributed by atoms with Crippen LogP contribution in [0.4, 0.5) is 0 Å². The highest BCUT2D eigenvalue weighted by Gasteiger charge is 2.62. The Kier molecular flexibility index (Phi) is 3.75. The van der Waals surface area contributed by atoms with E-state index in [0.29, 0.717) is 6.42 Å². The maximum absolute atomic E-state index is 12.0. The fourth-order valence-electron chi connectivity index (χ4n) is 1.66. The summed E-state index contributed by atoms with van der Waals surface area (Å²) in [5.74, 6) is -1.22. The Morgan fingerprint density at radius 2 is 2.15 bits per heavy atom. The number of carboxylic acids is 1. The Labute approximate surface area is 126 Å². The van der Waals surface area contributed by atoms with E-state index in [1.807, 2.05) is 0 Å². The lowest BCUT2D eigenvalue weighted by Crippen LogP contribution is -2.31. The predicted molar refractivity (Wildman–Crippen MR) is 73.5 cm³/mol. The van der Waals surface area contributed by atoms with Gasteiger partial charge in [0, 0.05) is 18.2 Å². The van der Waals surface area contributed by atoms with Gasteiger partial charge in [-0.05, 0) is 18.6 Å². The molecule has 0 aliphatic heterocycles. The monoisotopic (exact) mass is 338 g/mol. The average Bonchev–Trinajstić information content (AvgIpc) is 2.87. The minimum atomic E-state index is -3.90. The molecule has 1 aliphatic carbocycles. The lowest BCUT2D eigenvalue weighted by Gasteiger charge is -2.13. The summed E-state index contributed by atoms with van der Waals surface area (Å²) in [6, 6.07) is 2.21. The summed E-state index contributed by atoms with van der Waals surface area (Å²) >= 11 is 11.9. The van der Waals surface area contributed by atoms with E-state index < -0.39 is 25.7 Å². The van der Waals surface area contributed by atoms with Crippen LogP contribution in [-0.4, -0.2) is 35.4 Å². The van der Waals surface area contributed by atoms with E-state index in [0.717, 1.165) is 12.3 Å². The van der Waals surface area contributed by atoms with Crippen LogP contribution < -0.4 is 4.72 Å². The zero-order valence-corrected chi connectivity index (χ0v) is 12.8. The van der Waals surface area contributed by atoms with E-state index >= 15 is 0 Å². The normalized spacial score (nSPS) is 24.4. The SMILES string of the molecule is CC1(CNS(=O)(=O)c2cc(C(=O)O)ccn2)CC1(Cl)Cl. The number of carboxylic acid groups (broad SMARTS) is 1. The van der Waals surface area contributed by atoms with Crippen LogP contribution in [0, 0.1) is 5.41 Å². The molecule has 0 bridgehead atoms. The van der Waals surface area contributed by atoms with Gasteiger partial charge < -0.3 is 5.11 Å². The van der Waals surface area contributed by atoms with Gasteiger partial charge in [-0.1, -0.05) is 6.92 Å². The lowest BCUT2D eigenvalue weighted by atomic mass is 10.1. The van der Waals surface area contributed by atoms with Crippen molar-refractivity contribution in [3.8, 4) is 0 Å². The number of pyridine rings is 1. The second-order valence-electron chi connectivity index (χ2n) is 4.95. The number of rotatable bonds is 5. The highest BCUT2D eigenvalue weighted by atomic mass is 35.5. The van der Waals surface area contributed by atoms with E-state index in [2.05, 4.69) is 9.71 Å². The van der Waals surface area contributed by atoms with Gasteiger partial charge in [0.2, 0.25) is 0 Å². The van der Waals surface area contributed by atoms with Gasteiger partial charge in [0.15, 0.2) is 5.03 Å². The van der Waals surface area contributed by atoms with Crippen molar-refractivity contribution in [3.63, 3.8) is 0 Å². The Bertz CT molecular complexity index is 662. The van der Waals surface area contributed by atoms with Crippen molar-refractivity contribution in [2.45, 2.75) is 22.7 Å². The molecule has 0 radical (unpaired) electrons. The molecule has 110 valence electrons. The number of hydrogen-bond acceptors (Lipinski definition) is 4. The van der Waals surface area contributed by atoms with Gasteiger partial charge in [-0.3, -0.25) is 0 Å². The first-order valence-electron chi connectivity index (χ1n) is 5.64. The molecule has 2 rings (SSSR count). The molecule has 0 amide bonds. The molecule has 0 spiro atoms. The summed E-state index contributed by atoms with van der Waals surface area (Å²) < 4.78 is 25.5. The zero-order valence-electron chi connectivity index (χ0n) is 10.4. The van der Waals surface area contributed by atoms with Crippen molar-refractivity contribution in [1.29, 1.82) is 0 Å². The summed E-state index contributed by atoms with van der Waals surface area (Å²) in [6.07, 6.45) is 1.61. The second kappa shape index (κ2) is 4.84. The number of halogens is 2. The van der Waals surface area contributed by atoms with Crippen molar-refractivity contribution < 1.29 is 18.3 Å². The molecule has 1 atom stereocenters. The fourth-order valence-corrected chi connectivity index (χ4v) is 3.52. The molecule has 1 unspecified atom stereocenters. The van der Waals surface area contributed by atoms with Crippen LogP contribution in [0.5, 0.6) is 0 Å². The van der Waals surface area contributed by atoms with Crippen LogP contribution in [0.15, 0.2) is 23.4 Å². The minimum absolute atomic E-state index is 0.0569. The van der Waals surface area contributed by atoms with E-state index in [1.165, 1.54) is 6.07 Å². The molecule has 20 heavy (non-hydrogen) atoms. The number of carbonyl (C=O) groups is 1. The molecular weight excluding hydrogens is 327 g/mol. The van der Waals surface area contributed by atoms with Crippen LogP contribution in [-0.2, 0) is 10.0 Å². The predicted octanol–water partition coefficient (Wildman–Crippen LogP) is 1.64. The lowest BCUT2D eigenvalue weighted by molar-refractivity contribution is 0.0696. The molecule has 1 heterocycles. The van der Waals surface area contributed by atoms with Crippen molar-refractivity contribution in [2.75, 3.05) is 6.54 Å². The van der Waals surface area contributed by atoms with Crippen LogP contribution in [0.1, 0.15) is 23.7 Å².